The monoisotopic (exact) mass is 242 g/mol. The first kappa shape index (κ1) is 10.7. The van der Waals surface area contributed by atoms with Crippen LogP contribution in [0, 0.1) is 5.82 Å². The van der Waals surface area contributed by atoms with E-state index in [0.717, 1.165) is 6.07 Å². The molecule has 16 heavy (non-hydrogen) atoms. The van der Waals surface area contributed by atoms with Crippen molar-refractivity contribution >= 4 is 23.0 Å². The van der Waals surface area contributed by atoms with Crippen LogP contribution in [0.15, 0.2) is 23.0 Å². The Hall–Kier alpha value is -1.82. The molecule has 0 aliphatic rings. The highest BCUT2D eigenvalue weighted by atomic mass is 35.5. The number of hydrogen-bond donors (Lipinski definition) is 2. The number of halogens is 2. The number of nitrogen functional groups attached to an aromatic ring is 1. The second kappa shape index (κ2) is 4.36. The van der Waals surface area contributed by atoms with Crippen molar-refractivity contribution in [3.63, 3.8) is 0 Å². The van der Waals surface area contributed by atoms with Crippen LogP contribution in [-0.2, 0) is 6.54 Å². The third kappa shape index (κ3) is 2.22. The second-order valence-electron chi connectivity index (χ2n) is 3.05. The Bertz CT molecular complexity index is 489. The fourth-order valence-electron chi connectivity index (χ4n) is 1.16. The lowest BCUT2D eigenvalue weighted by atomic mass is 10.2. The molecule has 0 radical (unpaired) electrons. The van der Waals surface area contributed by atoms with Crippen molar-refractivity contribution in [1.29, 1.82) is 0 Å². The van der Waals surface area contributed by atoms with Crippen LogP contribution in [0.3, 0.4) is 0 Å². The van der Waals surface area contributed by atoms with E-state index in [-0.39, 0.29) is 10.7 Å². The number of anilines is 2. The van der Waals surface area contributed by atoms with Crippen LogP contribution in [0.5, 0.6) is 0 Å². The maximum absolute atomic E-state index is 13.0. The molecule has 0 unspecified atom stereocenters. The van der Waals surface area contributed by atoms with E-state index in [2.05, 4.69) is 20.0 Å². The molecule has 2 aromatic rings. The van der Waals surface area contributed by atoms with Crippen molar-refractivity contribution in [2.24, 2.45) is 0 Å². The number of nitrogens with one attached hydrogen (secondary N) is 1. The van der Waals surface area contributed by atoms with Gasteiger partial charge in [0, 0.05) is 6.07 Å². The predicted molar refractivity (Wildman–Crippen MR) is 57.4 cm³/mol. The molecule has 0 amide bonds. The lowest BCUT2D eigenvalue weighted by molar-refractivity contribution is 0.411. The van der Waals surface area contributed by atoms with Crippen molar-refractivity contribution < 1.29 is 8.91 Å². The van der Waals surface area contributed by atoms with E-state index in [9.17, 15) is 4.39 Å². The van der Waals surface area contributed by atoms with Crippen molar-refractivity contribution in [2.45, 2.75) is 6.54 Å². The summed E-state index contributed by atoms with van der Waals surface area (Å²) in [6.07, 6.45) is 1.22. The number of nitrogens with two attached hydrogens (primary N) is 1. The Morgan fingerprint density at radius 3 is 3.00 bits per heavy atom. The Kier molecular flexibility index (Phi) is 2.91. The Morgan fingerprint density at radius 2 is 2.31 bits per heavy atom. The molecular formula is C9H8ClFN4O. The third-order valence-electron chi connectivity index (χ3n) is 1.94. The van der Waals surface area contributed by atoms with Gasteiger partial charge in [0.2, 0.25) is 6.39 Å². The zero-order chi connectivity index (χ0) is 11.5. The summed E-state index contributed by atoms with van der Waals surface area (Å²) in [4.78, 5) is 3.81. The molecule has 0 saturated carbocycles. The van der Waals surface area contributed by atoms with Gasteiger partial charge in [-0.05, 0) is 6.07 Å². The van der Waals surface area contributed by atoms with E-state index < -0.39 is 5.82 Å². The van der Waals surface area contributed by atoms with Crippen molar-refractivity contribution in [3.05, 3.63) is 35.2 Å². The molecule has 0 bridgehead atoms. The summed E-state index contributed by atoms with van der Waals surface area (Å²) in [6, 6.07) is 2.56. The van der Waals surface area contributed by atoms with Crippen LogP contribution < -0.4 is 11.1 Å². The first-order chi connectivity index (χ1) is 7.66. The van der Waals surface area contributed by atoms with E-state index in [0.29, 0.717) is 18.1 Å². The van der Waals surface area contributed by atoms with Crippen LogP contribution in [0.1, 0.15) is 5.82 Å². The van der Waals surface area contributed by atoms with Gasteiger partial charge in [-0.25, -0.2) is 4.39 Å². The lowest BCUT2D eigenvalue weighted by Gasteiger charge is -2.08. The standard InChI is InChI=1S/C9H8ClFN4O/c10-5-1-8(7(12)2-6(5)11)13-3-9-14-4-16-15-9/h1-2,4,13H,3,12H2. The van der Waals surface area contributed by atoms with Gasteiger partial charge in [-0.15, -0.1) is 0 Å². The summed E-state index contributed by atoms with van der Waals surface area (Å²) in [6.45, 7) is 0.322. The largest absolute Gasteiger partial charge is 0.397 e. The molecule has 0 fully saturated rings. The van der Waals surface area contributed by atoms with E-state index in [1.807, 2.05) is 0 Å². The molecule has 0 atom stereocenters. The molecule has 5 nitrogen and oxygen atoms in total. The molecule has 0 aliphatic heterocycles. The predicted octanol–water partition coefficient (Wildman–Crippen LogP) is 2.06. The zero-order valence-corrected chi connectivity index (χ0v) is 8.83. The number of rotatable bonds is 3. The van der Waals surface area contributed by atoms with Crippen LogP contribution in [0.4, 0.5) is 15.8 Å². The molecule has 0 spiro atoms. The average Bonchev–Trinajstić information content (AvgIpc) is 2.74. The molecule has 84 valence electrons. The van der Waals surface area contributed by atoms with Crippen LogP contribution >= 0.6 is 11.6 Å². The van der Waals surface area contributed by atoms with Gasteiger partial charge in [0.05, 0.1) is 22.9 Å². The van der Waals surface area contributed by atoms with Crippen LogP contribution in [0.2, 0.25) is 5.02 Å². The molecule has 1 heterocycles. The minimum atomic E-state index is -0.552. The first-order valence-corrected chi connectivity index (χ1v) is 4.78. The van der Waals surface area contributed by atoms with Crippen molar-refractivity contribution in [2.75, 3.05) is 11.1 Å². The van der Waals surface area contributed by atoms with E-state index >= 15 is 0 Å². The normalized spacial score (nSPS) is 10.4. The highest BCUT2D eigenvalue weighted by Gasteiger charge is 2.06. The van der Waals surface area contributed by atoms with E-state index in [1.165, 1.54) is 12.5 Å². The summed E-state index contributed by atoms with van der Waals surface area (Å²) in [7, 11) is 0. The molecule has 0 aliphatic carbocycles. The minimum Gasteiger partial charge on any atom is -0.397 e. The second-order valence-corrected chi connectivity index (χ2v) is 3.46. The molecule has 0 saturated heterocycles. The highest BCUT2D eigenvalue weighted by Crippen LogP contribution is 2.26. The minimum absolute atomic E-state index is 0.00446. The summed E-state index contributed by atoms with van der Waals surface area (Å²) in [5.74, 6) is -0.0795. The van der Waals surface area contributed by atoms with E-state index in [1.54, 1.807) is 0 Å². The smallest absolute Gasteiger partial charge is 0.213 e. The summed E-state index contributed by atoms with van der Waals surface area (Å²) in [5.41, 5.74) is 6.40. The maximum atomic E-state index is 13.0. The Morgan fingerprint density at radius 1 is 1.50 bits per heavy atom. The maximum Gasteiger partial charge on any atom is 0.213 e. The van der Waals surface area contributed by atoms with Gasteiger partial charge in [0.15, 0.2) is 5.82 Å². The molecule has 1 aromatic carbocycles. The lowest BCUT2D eigenvalue weighted by Crippen LogP contribution is -2.04. The topological polar surface area (TPSA) is 77.0 Å². The summed E-state index contributed by atoms with van der Waals surface area (Å²) in [5, 5.41) is 6.53. The zero-order valence-electron chi connectivity index (χ0n) is 8.08. The molecule has 3 N–H and O–H groups in total. The SMILES string of the molecule is Nc1cc(F)c(Cl)cc1NCc1ncon1. The van der Waals surface area contributed by atoms with Gasteiger partial charge in [0.1, 0.15) is 5.82 Å². The fraction of sp³-hybridized carbons (Fsp3) is 0.111. The number of aromatic nitrogens is 2. The fourth-order valence-corrected chi connectivity index (χ4v) is 1.32. The molecule has 7 heteroatoms. The van der Waals surface area contributed by atoms with Crippen LogP contribution in [-0.4, -0.2) is 10.1 Å². The van der Waals surface area contributed by atoms with Gasteiger partial charge >= 0.3 is 0 Å². The van der Waals surface area contributed by atoms with Crippen LogP contribution in [0.25, 0.3) is 0 Å². The Labute approximate surface area is 95.4 Å². The number of benzene rings is 1. The Balaban J connectivity index is 2.12. The average molecular weight is 243 g/mol. The van der Waals surface area contributed by atoms with Gasteiger partial charge in [-0.1, -0.05) is 16.8 Å². The van der Waals surface area contributed by atoms with Gasteiger partial charge in [-0.2, -0.15) is 4.98 Å². The highest BCUT2D eigenvalue weighted by molar-refractivity contribution is 6.31. The van der Waals surface area contributed by atoms with Gasteiger partial charge in [-0.3, -0.25) is 0 Å². The van der Waals surface area contributed by atoms with Crippen molar-refractivity contribution in [1.82, 2.24) is 10.1 Å². The summed E-state index contributed by atoms with van der Waals surface area (Å²) >= 11 is 5.63. The van der Waals surface area contributed by atoms with Gasteiger partial charge in [0.25, 0.3) is 0 Å². The number of hydrogen-bond acceptors (Lipinski definition) is 5. The number of nitrogens with zero attached hydrogens (tertiary/aromatic N) is 2. The van der Waals surface area contributed by atoms with E-state index in [4.69, 9.17) is 17.3 Å². The third-order valence-corrected chi connectivity index (χ3v) is 2.23. The first-order valence-electron chi connectivity index (χ1n) is 4.40. The van der Waals surface area contributed by atoms with Gasteiger partial charge < -0.3 is 15.6 Å². The molecule has 1 aromatic heterocycles. The van der Waals surface area contributed by atoms with Crippen molar-refractivity contribution in [3.8, 4) is 0 Å². The molecule has 2 rings (SSSR count). The molecular weight excluding hydrogens is 235 g/mol. The summed E-state index contributed by atoms with van der Waals surface area (Å²) < 4.78 is 17.6. The quantitative estimate of drug-likeness (QED) is 0.806.